The fourth-order valence-electron chi connectivity index (χ4n) is 0.498. The number of hydrogen-bond acceptors (Lipinski definition) is 2. The maximum absolute atomic E-state index is 9.93. The summed E-state index contributed by atoms with van der Waals surface area (Å²) in [6.07, 6.45) is 1.63. The molecule has 3 heteroatoms. The van der Waals surface area contributed by atoms with Gasteiger partial charge in [-0.05, 0) is 18.8 Å². The standard InChI is InChI=1S/C6H12O2S/c1-6(2)4-3-5-9(7)8/h5-6H,3-4H2,1-2H3. The molecule has 0 aromatic heterocycles. The summed E-state index contributed by atoms with van der Waals surface area (Å²) in [5, 5.41) is 1.31. The van der Waals surface area contributed by atoms with Crippen molar-refractivity contribution >= 4 is 15.7 Å². The quantitative estimate of drug-likeness (QED) is 0.562. The van der Waals surface area contributed by atoms with Crippen LogP contribution in [0.3, 0.4) is 0 Å². The van der Waals surface area contributed by atoms with E-state index in [2.05, 4.69) is 13.8 Å². The van der Waals surface area contributed by atoms with Gasteiger partial charge < -0.3 is 0 Å². The minimum Gasteiger partial charge on any atom is -0.185 e. The summed E-state index contributed by atoms with van der Waals surface area (Å²) in [4.78, 5) is 0. The van der Waals surface area contributed by atoms with Crippen LogP contribution >= 0.6 is 0 Å². The second-order valence-corrected chi connectivity index (χ2v) is 3.25. The molecule has 54 valence electrons. The summed E-state index contributed by atoms with van der Waals surface area (Å²) >= 11 is 0. The molecule has 0 rings (SSSR count). The molecule has 0 spiro atoms. The van der Waals surface area contributed by atoms with Gasteiger partial charge in [0.25, 0.3) is 0 Å². The summed E-state index contributed by atoms with van der Waals surface area (Å²) in [5.74, 6) is 0.588. The minimum absolute atomic E-state index is 0.588. The van der Waals surface area contributed by atoms with Crippen molar-refractivity contribution < 1.29 is 8.42 Å². The third-order valence-corrected chi connectivity index (χ3v) is 1.51. The Balaban J connectivity index is 3.43. The fourth-order valence-corrected chi connectivity index (χ4v) is 0.826. The highest BCUT2D eigenvalue weighted by atomic mass is 32.2. The van der Waals surface area contributed by atoms with E-state index in [1.54, 1.807) is 0 Å². The topological polar surface area (TPSA) is 34.1 Å². The molecule has 0 atom stereocenters. The van der Waals surface area contributed by atoms with Gasteiger partial charge in [-0.25, -0.2) is 0 Å². The van der Waals surface area contributed by atoms with Gasteiger partial charge in [-0.1, -0.05) is 13.8 Å². The fraction of sp³-hybridized carbons (Fsp3) is 0.833. The maximum atomic E-state index is 9.93. The van der Waals surface area contributed by atoms with Gasteiger partial charge in [-0.15, -0.1) is 0 Å². The van der Waals surface area contributed by atoms with E-state index in [9.17, 15) is 8.42 Å². The Labute approximate surface area is 57.4 Å². The molecule has 0 N–H and O–H groups in total. The molecule has 2 nitrogen and oxygen atoms in total. The summed E-state index contributed by atoms with van der Waals surface area (Å²) in [6.45, 7) is 4.14. The molecule has 0 unspecified atom stereocenters. The van der Waals surface area contributed by atoms with Crippen LogP contribution in [0.1, 0.15) is 26.7 Å². The van der Waals surface area contributed by atoms with Crippen molar-refractivity contribution in [1.82, 2.24) is 0 Å². The van der Waals surface area contributed by atoms with Crippen LogP contribution in [0.5, 0.6) is 0 Å². The zero-order chi connectivity index (χ0) is 7.28. The average molecular weight is 148 g/mol. The van der Waals surface area contributed by atoms with Gasteiger partial charge in [-0.2, -0.15) is 8.42 Å². The highest BCUT2D eigenvalue weighted by Crippen LogP contribution is 2.00. The van der Waals surface area contributed by atoms with Crippen LogP contribution in [0, 0.1) is 5.92 Å². The van der Waals surface area contributed by atoms with Crippen molar-refractivity contribution in [2.45, 2.75) is 26.7 Å². The van der Waals surface area contributed by atoms with Crippen LogP contribution in [0.2, 0.25) is 0 Å². The predicted octanol–water partition coefficient (Wildman–Crippen LogP) is 1.10. The van der Waals surface area contributed by atoms with Gasteiger partial charge in [0.05, 0.1) is 0 Å². The molecule has 0 radical (unpaired) electrons. The Morgan fingerprint density at radius 3 is 2.33 bits per heavy atom. The summed E-state index contributed by atoms with van der Waals surface area (Å²) in [6, 6.07) is 0. The first-order valence-electron chi connectivity index (χ1n) is 3.04. The van der Waals surface area contributed by atoms with Crippen LogP contribution in [0.4, 0.5) is 0 Å². The molecule has 0 aromatic carbocycles. The first kappa shape index (κ1) is 8.69. The average Bonchev–Trinajstić information content (AvgIpc) is 1.63. The highest BCUT2D eigenvalue weighted by Gasteiger charge is 1.89. The van der Waals surface area contributed by atoms with Crippen LogP contribution < -0.4 is 0 Å². The van der Waals surface area contributed by atoms with Gasteiger partial charge in [0.2, 0.25) is 10.3 Å². The molecular formula is C6H12O2S. The molecular weight excluding hydrogens is 136 g/mol. The van der Waals surface area contributed by atoms with Crippen LogP contribution in [-0.4, -0.2) is 13.8 Å². The largest absolute Gasteiger partial charge is 0.209 e. The van der Waals surface area contributed by atoms with E-state index >= 15 is 0 Å². The molecule has 0 aliphatic rings. The molecule has 0 aliphatic heterocycles. The number of hydrogen-bond donors (Lipinski definition) is 0. The van der Waals surface area contributed by atoms with Crippen molar-refractivity contribution in [3.8, 4) is 0 Å². The van der Waals surface area contributed by atoms with Crippen LogP contribution in [0.25, 0.3) is 0 Å². The van der Waals surface area contributed by atoms with Crippen molar-refractivity contribution in [3.05, 3.63) is 0 Å². The summed E-state index contributed by atoms with van der Waals surface area (Å²) in [5.41, 5.74) is 0. The smallest absolute Gasteiger partial charge is 0.185 e. The Hall–Kier alpha value is -0.310. The van der Waals surface area contributed by atoms with E-state index < -0.39 is 10.3 Å². The zero-order valence-electron chi connectivity index (χ0n) is 5.79. The van der Waals surface area contributed by atoms with E-state index in [-0.39, 0.29) is 0 Å². The minimum atomic E-state index is -1.96. The first-order valence-corrected chi connectivity index (χ1v) is 4.18. The normalized spacial score (nSPS) is 9.67. The third-order valence-electron chi connectivity index (χ3n) is 0.998. The molecule has 0 saturated heterocycles. The van der Waals surface area contributed by atoms with Crippen molar-refractivity contribution in [1.29, 1.82) is 0 Å². The second kappa shape index (κ2) is 4.56. The molecule has 0 saturated carbocycles. The molecule has 0 heterocycles. The monoisotopic (exact) mass is 148 g/mol. The molecule has 0 aromatic rings. The Bertz CT molecular complexity index is 169. The van der Waals surface area contributed by atoms with E-state index in [1.807, 2.05) is 0 Å². The van der Waals surface area contributed by atoms with Gasteiger partial charge in [0.15, 0.2) is 0 Å². The van der Waals surface area contributed by atoms with Gasteiger partial charge >= 0.3 is 0 Å². The summed E-state index contributed by atoms with van der Waals surface area (Å²) < 4.78 is 19.9. The lowest BCUT2D eigenvalue weighted by Crippen LogP contribution is -1.87. The predicted molar refractivity (Wildman–Crippen MR) is 39.1 cm³/mol. The lowest BCUT2D eigenvalue weighted by atomic mass is 10.1. The molecule has 0 amide bonds. The lowest BCUT2D eigenvalue weighted by molar-refractivity contribution is 0.605. The molecule has 0 bridgehead atoms. The van der Waals surface area contributed by atoms with E-state index in [0.717, 1.165) is 6.42 Å². The van der Waals surface area contributed by atoms with Gasteiger partial charge in [0, 0.05) is 5.37 Å². The zero-order valence-corrected chi connectivity index (χ0v) is 6.61. The van der Waals surface area contributed by atoms with Gasteiger partial charge in [-0.3, -0.25) is 0 Å². The molecule has 9 heavy (non-hydrogen) atoms. The van der Waals surface area contributed by atoms with Crippen molar-refractivity contribution in [2.24, 2.45) is 5.92 Å². The van der Waals surface area contributed by atoms with Gasteiger partial charge in [0.1, 0.15) is 0 Å². The van der Waals surface area contributed by atoms with Crippen molar-refractivity contribution in [3.63, 3.8) is 0 Å². The van der Waals surface area contributed by atoms with Crippen LogP contribution in [-0.2, 0) is 10.3 Å². The van der Waals surface area contributed by atoms with Crippen LogP contribution in [0.15, 0.2) is 0 Å². The SMILES string of the molecule is CC(C)CCC=S(=O)=O. The first-order chi connectivity index (χ1) is 4.13. The Morgan fingerprint density at radius 1 is 1.44 bits per heavy atom. The van der Waals surface area contributed by atoms with E-state index in [0.29, 0.717) is 12.3 Å². The molecule has 0 aliphatic carbocycles. The Kier molecular flexibility index (Phi) is 4.40. The van der Waals surface area contributed by atoms with E-state index in [1.165, 1.54) is 5.37 Å². The molecule has 0 fully saturated rings. The Morgan fingerprint density at radius 2 is 2.00 bits per heavy atom. The highest BCUT2D eigenvalue weighted by molar-refractivity contribution is 7.71. The second-order valence-electron chi connectivity index (χ2n) is 2.40. The number of rotatable bonds is 3. The van der Waals surface area contributed by atoms with Crippen molar-refractivity contribution in [2.75, 3.05) is 0 Å². The summed E-state index contributed by atoms with van der Waals surface area (Å²) in [7, 11) is -1.96. The van der Waals surface area contributed by atoms with E-state index in [4.69, 9.17) is 0 Å². The third kappa shape index (κ3) is 7.69. The lowest BCUT2D eigenvalue weighted by Gasteiger charge is -1.96. The maximum Gasteiger partial charge on any atom is 0.209 e.